The maximum atomic E-state index is 5.36. The first-order chi connectivity index (χ1) is 10.8. The Kier molecular flexibility index (Phi) is 3.32. The third-order valence-electron chi connectivity index (χ3n) is 3.48. The molecular formula is C16H12N4S2. The number of aromatic nitrogens is 4. The number of hydrogen-bond acceptors (Lipinski definition) is 4. The van der Waals surface area contributed by atoms with Crippen LogP contribution in [0.5, 0.6) is 0 Å². The molecule has 0 saturated carbocycles. The normalized spacial score (nSPS) is 11.1. The van der Waals surface area contributed by atoms with Crippen molar-refractivity contribution in [1.29, 1.82) is 0 Å². The maximum absolute atomic E-state index is 5.36. The van der Waals surface area contributed by atoms with Crippen molar-refractivity contribution in [3.05, 3.63) is 63.6 Å². The molecule has 3 heterocycles. The van der Waals surface area contributed by atoms with Gasteiger partial charge >= 0.3 is 0 Å². The van der Waals surface area contributed by atoms with Crippen LogP contribution in [0.2, 0.25) is 0 Å². The fraction of sp³-hybridized carbons (Fsp3) is 0.0625. The summed E-state index contributed by atoms with van der Waals surface area (Å²) in [6.07, 6.45) is 0. The number of nitrogens with one attached hydrogen (secondary N) is 1. The summed E-state index contributed by atoms with van der Waals surface area (Å²) in [6, 6.07) is 16.2. The standard InChI is InChI=1S/C16H12N4S2/c21-16-19-18-15(20(16)10-12-5-3-9-22-12)14-8-7-11-4-1-2-6-13(11)17-14/h1-9H,10H2,(H,19,21). The van der Waals surface area contributed by atoms with Crippen LogP contribution in [-0.4, -0.2) is 19.7 Å². The third kappa shape index (κ3) is 2.36. The van der Waals surface area contributed by atoms with Gasteiger partial charge in [0.1, 0.15) is 5.69 Å². The first-order valence-corrected chi connectivity index (χ1v) is 8.14. The molecule has 3 aromatic heterocycles. The van der Waals surface area contributed by atoms with Gasteiger partial charge in [0.15, 0.2) is 10.6 Å². The van der Waals surface area contributed by atoms with Gasteiger partial charge in [-0.25, -0.2) is 4.98 Å². The summed E-state index contributed by atoms with van der Waals surface area (Å²) in [5, 5.41) is 10.4. The number of aromatic amines is 1. The molecule has 6 heteroatoms. The molecule has 1 aromatic carbocycles. The summed E-state index contributed by atoms with van der Waals surface area (Å²) in [7, 11) is 0. The van der Waals surface area contributed by atoms with E-state index in [1.807, 2.05) is 34.9 Å². The van der Waals surface area contributed by atoms with E-state index in [9.17, 15) is 0 Å². The zero-order valence-corrected chi connectivity index (χ0v) is 13.2. The Balaban J connectivity index is 1.82. The number of hydrogen-bond donors (Lipinski definition) is 1. The summed E-state index contributed by atoms with van der Waals surface area (Å²) in [5.41, 5.74) is 1.78. The lowest BCUT2D eigenvalue weighted by molar-refractivity contribution is 0.800. The molecule has 0 amide bonds. The van der Waals surface area contributed by atoms with Crippen molar-refractivity contribution in [2.24, 2.45) is 0 Å². The van der Waals surface area contributed by atoms with Crippen molar-refractivity contribution in [2.45, 2.75) is 6.54 Å². The van der Waals surface area contributed by atoms with E-state index in [0.717, 1.165) is 22.4 Å². The molecule has 0 fully saturated rings. The molecule has 0 unspecified atom stereocenters. The van der Waals surface area contributed by atoms with Crippen molar-refractivity contribution in [1.82, 2.24) is 19.7 Å². The van der Waals surface area contributed by atoms with Gasteiger partial charge in [0.2, 0.25) is 0 Å². The Morgan fingerprint density at radius 2 is 2.00 bits per heavy atom. The number of fused-ring (bicyclic) bond motifs is 1. The Bertz CT molecular complexity index is 983. The smallest absolute Gasteiger partial charge is 0.195 e. The van der Waals surface area contributed by atoms with E-state index in [1.54, 1.807) is 11.3 Å². The first-order valence-electron chi connectivity index (χ1n) is 6.85. The second-order valence-electron chi connectivity index (χ2n) is 4.91. The predicted molar refractivity (Wildman–Crippen MR) is 91.6 cm³/mol. The van der Waals surface area contributed by atoms with Gasteiger partial charge in [-0.05, 0) is 35.8 Å². The van der Waals surface area contributed by atoms with E-state index >= 15 is 0 Å². The number of nitrogens with zero attached hydrogens (tertiary/aromatic N) is 3. The lowest BCUT2D eigenvalue weighted by atomic mass is 10.2. The van der Waals surface area contributed by atoms with Gasteiger partial charge in [-0.2, -0.15) is 5.10 Å². The second-order valence-corrected chi connectivity index (χ2v) is 6.33. The molecule has 0 saturated heterocycles. The molecule has 0 bridgehead atoms. The van der Waals surface area contributed by atoms with Crippen LogP contribution in [0.15, 0.2) is 53.9 Å². The van der Waals surface area contributed by atoms with Gasteiger partial charge in [0.25, 0.3) is 0 Å². The summed E-state index contributed by atoms with van der Waals surface area (Å²) in [4.78, 5) is 5.94. The Hall–Kier alpha value is -2.31. The highest BCUT2D eigenvalue weighted by molar-refractivity contribution is 7.71. The van der Waals surface area contributed by atoms with Crippen molar-refractivity contribution < 1.29 is 0 Å². The van der Waals surface area contributed by atoms with Crippen LogP contribution >= 0.6 is 23.6 Å². The molecule has 0 aliphatic rings. The van der Waals surface area contributed by atoms with Gasteiger partial charge in [0, 0.05) is 10.3 Å². The highest BCUT2D eigenvalue weighted by Gasteiger charge is 2.11. The average Bonchev–Trinajstić information content (AvgIpc) is 3.18. The second kappa shape index (κ2) is 5.47. The van der Waals surface area contributed by atoms with Crippen LogP contribution < -0.4 is 0 Å². The van der Waals surface area contributed by atoms with Crippen LogP contribution in [0.25, 0.3) is 22.4 Å². The van der Waals surface area contributed by atoms with E-state index < -0.39 is 0 Å². The van der Waals surface area contributed by atoms with Gasteiger partial charge in [-0.15, -0.1) is 11.3 Å². The first kappa shape index (κ1) is 13.4. The summed E-state index contributed by atoms with van der Waals surface area (Å²) < 4.78 is 2.59. The van der Waals surface area contributed by atoms with Crippen LogP contribution in [-0.2, 0) is 6.54 Å². The lowest BCUT2D eigenvalue weighted by Crippen LogP contribution is -2.02. The van der Waals surface area contributed by atoms with Crippen molar-refractivity contribution >= 4 is 34.5 Å². The van der Waals surface area contributed by atoms with E-state index in [1.165, 1.54) is 4.88 Å². The quantitative estimate of drug-likeness (QED) is 0.573. The monoisotopic (exact) mass is 324 g/mol. The van der Waals surface area contributed by atoms with Crippen LogP contribution in [0.1, 0.15) is 4.88 Å². The summed E-state index contributed by atoms with van der Waals surface area (Å²) in [6.45, 7) is 0.705. The molecule has 4 rings (SSSR count). The Morgan fingerprint density at radius 1 is 1.09 bits per heavy atom. The fourth-order valence-corrected chi connectivity index (χ4v) is 3.30. The van der Waals surface area contributed by atoms with E-state index in [-0.39, 0.29) is 0 Å². The predicted octanol–water partition coefficient (Wildman–Crippen LogP) is 4.27. The fourth-order valence-electron chi connectivity index (χ4n) is 2.41. The van der Waals surface area contributed by atoms with Gasteiger partial charge in [-0.1, -0.05) is 30.3 Å². The van der Waals surface area contributed by atoms with Crippen molar-refractivity contribution in [3.63, 3.8) is 0 Å². The highest BCUT2D eigenvalue weighted by Crippen LogP contribution is 2.21. The lowest BCUT2D eigenvalue weighted by Gasteiger charge is -2.06. The van der Waals surface area contributed by atoms with E-state index in [2.05, 4.69) is 33.8 Å². The number of pyridine rings is 1. The molecule has 4 aromatic rings. The zero-order chi connectivity index (χ0) is 14.9. The van der Waals surface area contributed by atoms with Crippen LogP contribution in [0.4, 0.5) is 0 Å². The van der Waals surface area contributed by atoms with E-state index in [0.29, 0.717) is 11.3 Å². The molecule has 22 heavy (non-hydrogen) atoms. The van der Waals surface area contributed by atoms with Crippen LogP contribution in [0, 0.1) is 4.77 Å². The maximum Gasteiger partial charge on any atom is 0.195 e. The molecule has 0 aliphatic heterocycles. The van der Waals surface area contributed by atoms with Gasteiger partial charge in [-0.3, -0.25) is 9.67 Å². The highest BCUT2D eigenvalue weighted by atomic mass is 32.1. The number of para-hydroxylation sites is 1. The molecule has 1 N–H and O–H groups in total. The minimum absolute atomic E-state index is 0.610. The van der Waals surface area contributed by atoms with Gasteiger partial charge in [0.05, 0.1) is 12.1 Å². The number of benzene rings is 1. The molecule has 0 aliphatic carbocycles. The Morgan fingerprint density at radius 3 is 2.86 bits per heavy atom. The largest absolute Gasteiger partial charge is 0.294 e. The average molecular weight is 324 g/mol. The van der Waals surface area contributed by atoms with E-state index in [4.69, 9.17) is 17.2 Å². The summed E-state index contributed by atoms with van der Waals surface area (Å²) >= 11 is 7.07. The SMILES string of the molecule is S=c1[nH]nc(-c2ccc3ccccc3n2)n1Cc1cccs1. The minimum Gasteiger partial charge on any atom is -0.294 e. The van der Waals surface area contributed by atoms with Crippen molar-refractivity contribution in [3.8, 4) is 11.5 Å². The zero-order valence-electron chi connectivity index (χ0n) is 11.6. The minimum atomic E-state index is 0.610. The van der Waals surface area contributed by atoms with Crippen molar-refractivity contribution in [2.75, 3.05) is 0 Å². The molecule has 0 radical (unpaired) electrons. The summed E-state index contributed by atoms with van der Waals surface area (Å²) in [5.74, 6) is 0.768. The number of H-pyrrole nitrogens is 1. The Labute approximate surface area is 136 Å². The molecule has 108 valence electrons. The molecule has 0 spiro atoms. The van der Waals surface area contributed by atoms with Gasteiger partial charge < -0.3 is 0 Å². The number of rotatable bonds is 3. The number of thiophene rings is 1. The molecule has 0 atom stereocenters. The third-order valence-corrected chi connectivity index (χ3v) is 4.65. The van der Waals surface area contributed by atoms with Crippen LogP contribution in [0.3, 0.4) is 0 Å². The molecular weight excluding hydrogens is 312 g/mol. The topological polar surface area (TPSA) is 46.5 Å². The molecule has 4 nitrogen and oxygen atoms in total.